The van der Waals surface area contributed by atoms with Crippen molar-refractivity contribution in [2.24, 2.45) is 0 Å². The van der Waals surface area contributed by atoms with Crippen molar-refractivity contribution in [1.29, 1.82) is 0 Å². The van der Waals surface area contributed by atoms with Crippen molar-refractivity contribution < 1.29 is 0 Å². The Kier molecular flexibility index (Phi) is 1.63. The molecule has 0 aromatic heterocycles. The van der Waals surface area contributed by atoms with Gasteiger partial charge in [0.15, 0.2) is 0 Å². The monoisotopic (exact) mass is 116 g/mol. The third kappa shape index (κ3) is 1.12. The second-order valence-corrected chi connectivity index (χ2v) is 2.98. The van der Waals surface area contributed by atoms with Crippen LogP contribution in [-0.2, 0) is 0 Å². The number of rotatable bonds is 0. The first-order valence-electron chi connectivity index (χ1n) is 2.95. The van der Waals surface area contributed by atoms with Crippen LogP contribution < -0.4 is 0 Å². The van der Waals surface area contributed by atoms with Crippen molar-refractivity contribution in [1.82, 2.24) is 0 Å². The number of hydrogen-bond donors (Lipinski definition) is 0. The summed E-state index contributed by atoms with van der Waals surface area (Å²) >= 11 is 5.86. The second-order valence-electron chi connectivity index (χ2n) is 2.42. The van der Waals surface area contributed by atoms with Gasteiger partial charge in [-0.3, -0.25) is 0 Å². The first kappa shape index (κ1) is 5.49. The van der Waals surface area contributed by atoms with E-state index in [4.69, 9.17) is 11.5 Å². The molecule has 1 atom stereocenters. The molecule has 2 heteroatoms. The van der Waals surface area contributed by atoms with Gasteiger partial charge in [0.2, 0.25) is 0 Å². The fourth-order valence-electron chi connectivity index (χ4n) is 1.10. The zero-order valence-corrected chi connectivity index (χ0v) is 5.41. The minimum Gasteiger partial charge on any atom is -0.195 e. The zero-order valence-electron chi connectivity index (χ0n) is 4.65. The van der Waals surface area contributed by atoms with Crippen LogP contribution in [0.5, 0.6) is 0 Å². The van der Waals surface area contributed by atoms with Gasteiger partial charge in [0, 0.05) is 0 Å². The van der Waals surface area contributed by atoms with Gasteiger partial charge in [-0.2, -0.15) is 11.5 Å². The van der Waals surface area contributed by atoms with E-state index in [1.807, 2.05) is 0 Å². The molecule has 1 rings (SSSR count). The van der Waals surface area contributed by atoms with E-state index in [1.165, 1.54) is 19.2 Å². The Morgan fingerprint density at radius 2 is 2.43 bits per heavy atom. The summed E-state index contributed by atoms with van der Waals surface area (Å²) in [6.07, 6.45) is 4.41. The van der Waals surface area contributed by atoms with Gasteiger partial charge in [0.05, 0.1) is 0 Å². The Balaban J connectivity index is 2.33. The van der Waals surface area contributed by atoms with E-state index in [1.54, 1.807) is 0 Å². The Bertz CT molecular complexity index is 57.1. The van der Waals surface area contributed by atoms with Gasteiger partial charge in [-0.15, -0.1) is 0 Å². The molecule has 0 nitrogen and oxygen atoms in total. The lowest BCUT2D eigenvalue weighted by molar-refractivity contribution is 0.820. The van der Waals surface area contributed by atoms with Crippen LogP contribution >= 0.6 is 11.5 Å². The van der Waals surface area contributed by atoms with Crippen LogP contribution in [0.25, 0.3) is 0 Å². The number of hydrogen-bond acceptors (Lipinski definition) is 0. The Labute approximate surface area is 50.2 Å². The van der Waals surface area contributed by atoms with E-state index in [0.717, 1.165) is 5.82 Å². The molecule has 1 unspecified atom stereocenters. The molecule has 0 aromatic carbocycles. The third-order valence-electron chi connectivity index (χ3n) is 1.76. The lowest BCUT2D eigenvalue weighted by Crippen LogP contribution is -2.00. The molecule has 0 amide bonds. The fraction of sp³-hybridized carbons (Fsp3) is 1.00. The maximum atomic E-state index is 5.86. The number of halogens is 1. The molecule has 1 fully saturated rings. The minimum atomic E-state index is 0.486. The van der Waals surface area contributed by atoms with Gasteiger partial charge >= 0.3 is 0 Å². The lowest BCUT2D eigenvalue weighted by Gasteiger charge is -1.97. The van der Waals surface area contributed by atoms with Crippen molar-refractivity contribution in [3.8, 4) is 0 Å². The average molecular weight is 116 g/mol. The smallest absolute Gasteiger partial charge is 0.195 e. The molecule has 0 spiro atoms. The maximum Gasteiger partial charge on any atom is 0.253 e. The van der Waals surface area contributed by atoms with Crippen LogP contribution in [0, 0.1) is 0 Å². The van der Waals surface area contributed by atoms with Crippen LogP contribution in [-0.4, -0.2) is 6.13 Å². The second kappa shape index (κ2) is 2.08. The molecule has 0 bridgehead atoms. The van der Waals surface area contributed by atoms with E-state index in [2.05, 4.69) is 6.92 Å². The Morgan fingerprint density at radius 3 is 2.57 bits per heavy atom. The van der Waals surface area contributed by atoms with Gasteiger partial charge in [-0.25, -0.2) is 0 Å². The molecule has 1 aliphatic heterocycles. The first-order chi connectivity index (χ1) is 3.30. The summed E-state index contributed by atoms with van der Waals surface area (Å²) in [6, 6.07) is 0. The molecule has 0 aliphatic carbocycles. The molecule has 0 aromatic rings. The highest BCUT2D eigenvalue weighted by atomic mass is 35.5. The van der Waals surface area contributed by atoms with E-state index in [9.17, 15) is 0 Å². The topological polar surface area (TPSA) is 0 Å². The normalized spacial score (nSPS) is 31.7. The van der Waals surface area contributed by atoms with Crippen LogP contribution in [0.3, 0.4) is 0 Å². The van der Waals surface area contributed by atoms with Crippen molar-refractivity contribution >= 4 is 17.6 Å². The molecule has 1 saturated heterocycles. The van der Waals surface area contributed by atoms with Crippen LogP contribution in [0.4, 0.5) is 0 Å². The van der Waals surface area contributed by atoms with Crippen molar-refractivity contribution in [2.45, 2.75) is 31.9 Å². The molecule has 0 radical (unpaired) electrons. The van der Waals surface area contributed by atoms with E-state index < -0.39 is 0 Å². The largest absolute Gasteiger partial charge is 0.253 e. The van der Waals surface area contributed by atoms with Gasteiger partial charge in [0.1, 0.15) is 0 Å². The van der Waals surface area contributed by atoms with E-state index in [-0.39, 0.29) is 0 Å². The fourth-order valence-corrected chi connectivity index (χ4v) is 1.38. The van der Waals surface area contributed by atoms with Gasteiger partial charge in [-0.1, -0.05) is 26.1 Å². The predicted molar refractivity (Wildman–Crippen MR) is 35.1 cm³/mol. The summed E-state index contributed by atoms with van der Waals surface area (Å²) in [5, 5.41) is 0. The van der Waals surface area contributed by atoms with Crippen LogP contribution in [0.2, 0.25) is 12.1 Å². The summed E-state index contributed by atoms with van der Waals surface area (Å²) in [5.41, 5.74) is 0. The Morgan fingerprint density at radius 1 is 1.71 bits per heavy atom. The zero-order chi connectivity index (χ0) is 5.28. The van der Waals surface area contributed by atoms with Crippen LogP contribution in [0.1, 0.15) is 19.8 Å². The standard InChI is InChI=1S/C5H10BCl/c1-5-3-2-4-6(5)7/h5H,2-4H2,1H3. The van der Waals surface area contributed by atoms with Crippen molar-refractivity contribution in [3.63, 3.8) is 0 Å². The molecule has 1 aliphatic rings. The highest BCUT2D eigenvalue weighted by Crippen LogP contribution is 2.31. The third-order valence-corrected chi connectivity index (χ3v) is 2.41. The van der Waals surface area contributed by atoms with Crippen molar-refractivity contribution in [2.75, 3.05) is 0 Å². The van der Waals surface area contributed by atoms with Crippen LogP contribution in [0.15, 0.2) is 0 Å². The molecule has 0 N–H and O–H groups in total. The Hall–Kier alpha value is 0.355. The van der Waals surface area contributed by atoms with Gasteiger partial charge in [0.25, 0.3) is 6.13 Å². The molecular formula is C5H10BCl. The minimum absolute atomic E-state index is 0.486. The highest BCUT2D eigenvalue weighted by molar-refractivity contribution is 7.08. The lowest BCUT2D eigenvalue weighted by atomic mass is 9.66. The first-order valence-corrected chi connectivity index (χ1v) is 3.38. The van der Waals surface area contributed by atoms with E-state index >= 15 is 0 Å². The quantitative estimate of drug-likeness (QED) is 0.426. The maximum absolute atomic E-state index is 5.86. The summed E-state index contributed by atoms with van der Waals surface area (Å²) < 4.78 is 0. The summed E-state index contributed by atoms with van der Waals surface area (Å²) in [6.45, 7) is 2.23. The van der Waals surface area contributed by atoms with Crippen molar-refractivity contribution in [3.05, 3.63) is 0 Å². The molecule has 0 saturated carbocycles. The molecular weight excluding hydrogens is 106 g/mol. The van der Waals surface area contributed by atoms with E-state index in [0.29, 0.717) is 6.13 Å². The molecule has 7 heavy (non-hydrogen) atoms. The average Bonchev–Trinajstić information content (AvgIpc) is 1.91. The van der Waals surface area contributed by atoms with Gasteiger partial charge < -0.3 is 0 Å². The summed E-state index contributed by atoms with van der Waals surface area (Å²) in [5.74, 6) is 0.779. The molecule has 40 valence electrons. The highest BCUT2D eigenvalue weighted by Gasteiger charge is 2.24. The predicted octanol–water partition coefficient (Wildman–Crippen LogP) is 2.40. The van der Waals surface area contributed by atoms with Gasteiger partial charge in [-0.05, 0) is 5.82 Å². The SMILES string of the molecule is CC1CCCB1Cl. The summed E-state index contributed by atoms with van der Waals surface area (Å²) in [4.78, 5) is 0. The summed E-state index contributed by atoms with van der Waals surface area (Å²) in [7, 11) is 0. The molecule has 1 heterocycles.